The number of benzene rings is 1. The third-order valence-electron chi connectivity index (χ3n) is 1.53. The summed E-state index contributed by atoms with van der Waals surface area (Å²) in [5.74, 6) is 0. The lowest BCUT2D eigenvalue weighted by Crippen LogP contribution is -2.29. The third-order valence-corrected chi connectivity index (χ3v) is 2.87. The lowest BCUT2D eigenvalue weighted by molar-refractivity contribution is 0.398. The molecule has 1 aromatic carbocycles. The zero-order valence-corrected chi connectivity index (χ0v) is 7.84. The number of hydrogen-bond donors (Lipinski definition) is 2. The van der Waals surface area contributed by atoms with Gasteiger partial charge in [-0.2, -0.15) is 0 Å². The van der Waals surface area contributed by atoms with Crippen molar-refractivity contribution in [3.8, 4) is 0 Å². The Morgan fingerprint density at radius 1 is 1.33 bits per heavy atom. The second kappa shape index (κ2) is 2.39. The summed E-state index contributed by atoms with van der Waals surface area (Å²) in [5, 5.41) is 0. The van der Waals surface area contributed by atoms with Crippen LogP contribution in [-0.4, -0.2) is 19.6 Å². The minimum Gasteiger partial charge on any atom is -0.304 e. The molecule has 0 aliphatic carbocycles. The molecule has 0 fully saturated rings. The van der Waals surface area contributed by atoms with Gasteiger partial charge in [0.25, 0.3) is 0 Å². The summed E-state index contributed by atoms with van der Waals surface area (Å²) in [7, 11) is -4.54. The molecule has 0 heterocycles. The van der Waals surface area contributed by atoms with E-state index in [-0.39, 0.29) is 4.90 Å². The van der Waals surface area contributed by atoms with Crippen molar-refractivity contribution in [3.05, 3.63) is 29.8 Å². The highest BCUT2D eigenvalue weighted by Crippen LogP contribution is 2.25. The average Bonchev–Trinajstić information content (AvgIpc) is 1.84. The van der Waals surface area contributed by atoms with E-state index >= 15 is 0 Å². The van der Waals surface area contributed by atoms with Crippen molar-refractivity contribution in [2.45, 2.75) is 11.8 Å². The lowest BCUT2D eigenvalue weighted by Gasteiger charge is -2.25. The van der Waals surface area contributed by atoms with Crippen molar-refractivity contribution in [1.82, 2.24) is 0 Å². The van der Waals surface area contributed by atoms with Gasteiger partial charge < -0.3 is 9.11 Å². The van der Waals surface area contributed by atoms with Crippen molar-refractivity contribution in [3.63, 3.8) is 0 Å². The first kappa shape index (κ1) is 9.38. The lowest BCUT2D eigenvalue weighted by atomic mass is 10.2. The molecule has 0 radical (unpaired) electrons. The van der Waals surface area contributed by atoms with Crippen LogP contribution in [0.5, 0.6) is 0 Å². The largest absolute Gasteiger partial charge is 0.304 e. The van der Waals surface area contributed by atoms with Gasteiger partial charge in [0.05, 0.1) is 4.90 Å². The maximum Gasteiger partial charge on any atom is 0.106 e. The Hall–Kier alpha value is -0.710. The van der Waals surface area contributed by atoms with Crippen LogP contribution in [0.4, 0.5) is 0 Å². The first-order valence-corrected chi connectivity index (χ1v) is 5.75. The fraction of sp³-hybridized carbons (Fsp3) is 0.250. The summed E-state index contributed by atoms with van der Waals surface area (Å²) in [6, 6.07) is 6.35. The van der Waals surface area contributed by atoms with Crippen molar-refractivity contribution >= 4 is 9.63 Å². The van der Waals surface area contributed by atoms with E-state index in [1.165, 1.54) is 12.1 Å². The van der Waals surface area contributed by atoms with Crippen molar-refractivity contribution in [2.24, 2.45) is 0 Å². The molecule has 0 spiro atoms. The van der Waals surface area contributed by atoms with Crippen molar-refractivity contribution in [1.29, 1.82) is 0 Å². The van der Waals surface area contributed by atoms with E-state index < -0.39 is 9.63 Å². The molecule has 0 aromatic heterocycles. The summed E-state index contributed by atoms with van der Waals surface area (Å²) in [6.45, 7) is 1.79. The quantitative estimate of drug-likeness (QED) is 0.706. The third kappa shape index (κ3) is 2.14. The fourth-order valence-electron chi connectivity index (χ4n) is 0.908. The molecule has 68 valence electrons. The van der Waals surface area contributed by atoms with E-state index in [4.69, 9.17) is 0 Å². The van der Waals surface area contributed by atoms with Crippen LogP contribution >= 0.6 is 0 Å². The number of aryl methyl sites for hydroxylation is 1. The van der Waals surface area contributed by atoms with Gasteiger partial charge in [-0.05, 0) is 24.6 Å². The van der Waals surface area contributed by atoms with Crippen molar-refractivity contribution in [2.75, 3.05) is 6.26 Å². The van der Waals surface area contributed by atoms with E-state index in [0.717, 1.165) is 11.8 Å². The van der Waals surface area contributed by atoms with Crippen molar-refractivity contribution < 1.29 is 13.3 Å². The van der Waals surface area contributed by atoms with E-state index in [0.29, 0.717) is 0 Å². The molecule has 0 aliphatic heterocycles. The smallest absolute Gasteiger partial charge is 0.106 e. The highest BCUT2D eigenvalue weighted by atomic mass is 32.3. The molecule has 0 amide bonds. The summed E-state index contributed by atoms with van der Waals surface area (Å²) in [6.07, 6.45) is 0.923. The molecular weight excluding hydrogens is 176 g/mol. The van der Waals surface area contributed by atoms with E-state index in [9.17, 15) is 13.3 Å². The predicted octanol–water partition coefficient (Wildman–Crippen LogP) is 1.75. The Morgan fingerprint density at radius 2 is 1.92 bits per heavy atom. The predicted molar refractivity (Wildman–Crippen MR) is 48.8 cm³/mol. The molecule has 0 aliphatic rings. The molecule has 4 heteroatoms. The highest BCUT2D eigenvalue weighted by Gasteiger charge is 2.24. The highest BCUT2D eigenvalue weighted by molar-refractivity contribution is 8.09. The fourth-order valence-corrected chi connectivity index (χ4v) is 1.76. The van der Waals surface area contributed by atoms with Gasteiger partial charge in [-0.25, -0.2) is 4.21 Å². The first-order chi connectivity index (χ1) is 5.26. The van der Waals surface area contributed by atoms with Crippen LogP contribution in [-0.2, 0) is 9.63 Å². The minimum atomic E-state index is -4.54. The standard InChI is InChI=1S/C8H12O3S/c1-7-4-3-5-8(6-7)12(2,9,10)11/h3-6H,1-2H3,(H2,9,10,11). The van der Waals surface area contributed by atoms with Gasteiger partial charge in [-0.3, -0.25) is 0 Å². The summed E-state index contributed by atoms with van der Waals surface area (Å²) in [4.78, 5) is 0.0620. The van der Waals surface area contributed by atoms with Gasteiger partial charge in [0, 0.05) is 6.26 Å². The van der Waals surface area contributed by atoms with Gasteiger partial charge in [-0.1, -0.05) is 12.1 Å². The van der Waals surface area contributed by atoms with E-state index in [1.807, 2.05) is 0 Å². The van der Waals surface area contributed by atoms with Crippen LogP contribution in [0.25, 0.3) is 0 Å². The van der Waals surface area contributed by atoms with Crippen LogP contribution in [0.15, 0.2) is 29.2 Å². The molecule has 3 nitrogen and oxygen atoms in total. The molecule has 2 N–H and O–H groups in total. The maximum atomic E-state index is 11.3. The Bertz CT molecular complexity index is 353. The van der Waals surface area contributed by atoms with Gasteiger partial charge in [0.15, 0.2) is 0 Å². The molecule has 0 bridgehead atoms. The normalized spacial score (nSPS) is 15.2. The zero-order valence-electron chi connectivity index (χ0n) is 7.02. The molecule has 1 rings (SSSR count). The summed E-state index contributed by atoms with van der Waals surface area (Å²) >= 11 is 0. The molecule has 0 atom stereocenters. The van der Waals surface area contributed by atoms with Gasteiger partial charge in [0.2, 0.25) is 0 Å². The summed E-state index contributed by atoms with van der Waals surface area (Å²) in [5.41, 5.74) is 0.844. The topological polar surface area (TPSA) is 57.5 Å². The molecule has 0 saturated heterocycles. The van der Waals surface area contributed by atoms with Gasteiger partial charge in [0.1, 0.15) is 9.63 Å². The Balaban J connectivity index is 3.32. The monoisotopic (exact) mass is 188 g/mol. The minimum absolute atomic E-state index is 0.0620. The number of hydrogen-bond acceptors (Lipinski definition) is 1. The number of rotatable bonds is 1. The summed E-state index contributed by atoms with van der Waals surface area (Å²) < 4.78 is 29.6. The van der Waals surface area contributed by atoms with Gasteiger partial charge in [-0.15, -0.1) is 0 Å². The van der Waals surface area contributed by atoms with E-state index in [2.05, 4.69) is 0 Å². The first-order valence-electron chi connectivity index (χ1n) is 3.47. The molecular formula is C8H12O3S. The maximum absolute atomic E-state index is 11.3. The molecule has 1 aromatic rings. The Labute approximate surface area is 71.5 Å². The van der Waals surface area contributed by atoms with Crippen LogP contribution < -0.4 is 0 Å². The molecule has 12 heavy (non-hydrogen) atoms. The second-order valence-electron chi connectivity index (χ2n) is 3.05. The molecule has 0 saturated carbocycles. The van der Waals surface area contributed by atoms with Crippen LogP contribution in [0.2, 0.25) is 0 Å². The SMILES string of the molecule is Cc1cccc(S(C)(=O)(O)O)c1. The second-order valence-corrected chi connectivity index (χ2v) is 5.99. The average molecular weight is 188 g/mol. The Kier molecular flexibility index (Phi) is 1.87. The van der Waals surface area contributed by atoms with Crippen LogP contribution in [0.3, 0.4) is 0 Å². The Morgan fingerprint density at radius 3 is 2.25 bits per heavy atom. The van der Waals surface area contributed by atoms with Gasteiger partial charge >= 0.3 is 0 Å². The van der Waals surface area contributed by atoms with E-state index in [1.54, 1.807) is 19.1 Å². The zero-order chi connectivity index (χ0) is 9.43. The van der Waals surface area contributed by atoms with Crippen LogP contribution in [0.1, 0.15) is 5.56 Å². The molecule has 0 unspecified atom stereocenters. The van der Waals surface area contributed by atoms with Crippen LogP contribution in [0, 0.1) is 6.92 Å².